The summed E-state index contributed by atoms with van der Waals surface area (Å²) in [6.07, 6.45) is -1.80. The lowest BCUT2D eigenvalue weighted by atomic mass is 9.94. The average Bonchev–Trinajstić information content (AvgIpc) is 2.08. The van der Waals surface area contributed by atoms with Crippen molar-refractivity contribution in [2.45, 2.75) is 45.3 Å². The van der Waals surface area contributed by atoms with Crippen molar-refractivity contribution in [1.29, 1.82) is 0 Å². The number of hydrogen-bond acceptors (Lipinski definition) is 2. The summed E-state index contributed by atoms with van der Waals surface area (Å²) >= 11 is 0. The third-order valence-electron chi connectivity index (χ3n) is 2.40. The molecule has 0 rings (SSSR count). The van der Waals surface area contributed by atoms with Crippen LogP contribution in [0.4, 0.5) is 13.2 Å². The summed E-state index contributed by atoms with van der Waals surface area (Å²) < 4.78 is 39.6. The lowest BCUT2D eigenvalue weighted by Crippen LogP contribution is -2.26. The highest BCUT2D eigenvalue weighted by Crippen LogP contribution is 2.16. The van der Waals surface area contributed by atoms with E-state index in [4.69, 9.17) is 5.73 Å². The van der Waals surface area contributed by atoms with E-state index in [1.165, 1.54) is 0 Å². The first-order valence-corrected chi connectivity index (χ1v) is 5.27. The monoisotopic (exact) mass is 227 g/mol. The molecule has 0 aromatic carbocycles. The van der Waals surface area contributed by atoms with Gasteiger partial charge in [-0.25, -0.2) is 0 Å². The van der Waals surface area contributed by atoms with Crippen LogP contribution in [0.2, 0.25) is 0 Å². The minimum Gasteiger partial charge on any atom is -0.372 e. The quantitative estimate of drug-likeness (QED) is 0.679. The van der Waals surface area contributed by atoms with Gasteiger partial charge < -0.3 is 10.5 Å². The van der Waals surface area contributed by atoms with Crippen molar-refractivity contribution in [3.63, 3.8) is 0 Å². The Hall–Kier alpha value is -0.290. The third kappa shape index (κ3) is 8.69. The number of nitrogens with two attached hydrogens (primary N) is 1. The van der Waals surface area contributed by atoms with Crippen LogP contribution in [-0.2, 0) is 4.74 Å². The Labute approximate surface area is 89.0 Å². The highest BCUT2D eigenvalue weighted by Gasteiger charge is 2.27. The fraction of sp³-hybridized carbons (Fsp3) is 1.00. The highest BCUT2D eigenvalue weighted by atomic mass is 19.4. The molecule has 92 valence electrons. The first-order valence-electron chi connectivity index (χ1n) is 5.27. The van der Waals surface area contributed by atoms with Gasteiger partial charge in [0.1, 0.15) is 6.61 Å². The first kappa shape index (κ1) is 14.7. The van der Waals surface area contributed by atoms with Crippen molar-refractivity contribution < 1.29 is 17.9 Å². The molecular formula is C10H20F3NO. The maximum absolute atomic E-state index is 11.7. The SMILES string of the molecule is CCC(CCCOCC(F)(F)F)C(C)N. The van der Waals surface area contributed by atoms with Gasteiger partial charge in [-0.15, -0.1) is 0 Å². The van der Waals surface area contributed by atoms with E-state index in [0.717, 1.165) is 12.8 Å². The van der Waals surface area contributed by atoms with Crippen molar-refractivity contribution in [2.75, 3.05) is 13.2 Å². The predicted octanol–water partition coefficient (Wildman–Crippen LogP) is 2.72. The molecule has 0 fully saturated rings. The molecule has 0 saturated carbocycles. The maximum atomic E-state index is 11.7. The van der Waals surface area contributed by atoms with Crippen LogP contribution in [0.15, 0.2) is 0 Å². The van der Waals surface area contributed by atoms with E-state index < -0.39 is 12.8 Å². The molecule has 2 unspecified atom stereocenters. The molecule has 2 N–H and O–H groups in total. The van der Waals surface area contributed by atoms with Gasteiger partial charge in [0.15, 0.2) is 0 Å². The molecular weight excluding hydrogens is 207 g/mol. The summed E-state index contributed by atoms with van der Waals surface area (Å²) in [6.45, 7) is 2.96. The topological polar surface area (TPSA) is 35.2 Å². The van der Waals surface area contributed by atoms with Crippen LogP contribution in [0.25, 0.3) is 0 Å². The summed E-state index contributed by atoms with van der Waals surface area (Å²) in [5.74, 6) is 0.375. The van der Waals surface area contributed by atoms with Crippen LogP contribution in [-0.4, -0.2) is 25.4 Å². The fourth-order valence-corrected chi connectivity index (χ4v) is 1.47. The third-order valence-corrected chi connectivity index (χ3v) is 2.40. The molecule has 0 spiro atoms. The fourth-order valence-electron chi connectivity index (χ4n) is 1.47. The predicted molar refractivity (Wildman–Crippen MR) is 53.5 cm³/mol. The Morgan fingerprint density at radius 3 is 2.33 bits per heavy atom. The van der Waals surface area contributed by atoms with Crippen LogP contribution in [0.5, 0.6) is 0 Å². The molecule has 0 aliphatic rings. The van der Waals surface area contributed by atoms with E-state index >= 15 is 0 Å². The molecule has 15 heavy (non-hydrogen) atoms. The number of halogens is 3. The van der Waals surface area contributed by atoms with E-state index in [-0.39, 0.29) is 12.6 Å². The van der Waals surface area contributed by atoms with Crippen LogP contribution >= 0.6 is 0 Å². The summed E-state index contributed by atoms with van der Waals surface area (Å²) in [5, 5.41) is 0. The van der Waals surface area contributed by atoms with Gasteiger partial charge in [0, 0.05) is 12.6 Å². The molecule has 0 heterocycles. The molecule has 0 radical (unpaired) electrons. The first-order chi connectivity index (χ1) is 6.87. The molecule has 0 aliphatic carbocycles. The second kappa shape index (κ2) is 7.06. The van der Waals surface area contributed by atoms with Gasteiger partial charge >= 0.3 is 6.18 Å². The van der Waals surface area contributed by atoms with E-state index in [2.05, 4.69) is 4.74 Å². The van der Waals surface area contributed by atoms with Gasteiger partial charge in [-0.1, -0.05) is 13.3 Å². The van der Waals surface area contributed by atoms with Gasteiger partial charge in [0.25, 0.3) is 0 Å². The molecule has 0 saturated heterocycles. The smallest absolute Gasteiger partial charge is 0.372 e. The lowest BCUT2D eigenvalue weighted by molar-refractivity contribution is -0.174. The number of ether oxygens (including phenoxy) is 1. The normalized spacial score (nSPS) is 16.4. The Kier molecular flexibility index (Phi) is 6.92. The van der Waals surface area contributed by atoms with E-state index in [9.17, 15) is 13.2 Å². The Bertz CT molecular complexity index is 159. The van der Waals surface area contributed by atoms with E-state index in [1.807, 2.05) is 13.8 Å². The average molecular weight is 227 g/mol. The Morgan fingerprint density at radius 1 is 1.33 bits per heavy atom. The summed E-state index contributed by atoms with van der Waals surface area (Å²) in [7, 11) is 0. The van der Waals surface area contributed by atoms with Gasteiger partial charge in [-0.05, 0) is 25.7 Å². The number of alkyl halides is 3. The largest absolute Gasteiger partial charge is 0.411 e. The zero-order chi connectivity index (χ0) is 11.9. The summed E-state index contributed by atoms with van der Waals surface area (Å²) in [4.78, 5) is 0. The molecule has 2 atom stereocenters. The lowest BCUT2D eigenvalue weighted by Gasteiger charge is -2.18. The zero-order valence-corrected chi connectivity index (χ0v) is 9.31. The van der Waals surface area contributed by atoms with E-state index in [0.29, 0.717) is 12.3 Å². The second-order valence-corrected chi connectivity index (χ2v) is 3.84. The van der Waals surface area contributed by atoms with Crippen molar-refractivity contribution in [2.24, 2.45) is 11.7 Å². The van der Waals surface area contributed by atoms with Crippen LogP contribution in [0.3, 0.4) is 0 Å². The van der Waals surface area contributed by atoms with Gasteiger partial charge in [-0.2, -0.15) is 13.2 Å². The number of hydrogen-bond donors (Lipinski definition) is 1. The van der Waals surface area contributed by atoms with Gasteiger partial charge in [-0.3, -0.25) is 0 Å². The summed E-state index contributed by atoms with van der Waals surface area (Å²) in [5.41, 5.74) is 5.71. The number of rotatable bonds is 7. The van der Waals surface area contributed by atoms with Crippen molar-refractivity contribution in [3.05, 3.63) is 0 Å². The summed E-state index contributed by atoms with van der Waals surface area (Å²) in [6, 6.07) is 0.0950. The van der Waals surface area contributed by atoms with Crippen molar-refractivity contribution in [1.82, 2.24) is 0 Å². The molecule has 2 nitrogen and oxygen atoms in total. The van der Waals surface area contributed by atoms with Crippen molar-refractivity contribution in [3.8, 4) is 0 Å². The Morgan fingerprint density at radius 2 is 1.93 bits per heavy atom. The van der Waals surface area contributed by atoms with E-state index in [1.54, 1.807) is 0 Å². The zero-order valence-electron chi connectivity index (χ0n) is 9.31. The van der Waals surface area contributed by atoms with Crippen LogP contribution in [0.1, 0.15) is 33.1 Å². The standard InChI is InChI=1S/C10H20F3NO/c1-3-9(8(2)14)5-4-6-15-7-10(11,12)13/h8-9H,3-7,14H2,1-2H3. The molecule has 0 aromatic rings. The molecule has 0 bridgehead atoms. The molecule has 0 aromatic heterocycles. The molecule has 0 aliphatic heterocycles. The molecule has 5 heteroatoms. The molecule has 0 amide bonds. The maximum Gasteiger partial charge on any atom is 0.411 e. The van der Waals surface area contributed by atoms with Crippen LogP contribution in [0, 0.1) is 5.92 Å². The highest BCUT2D eigenvalue weighted by molar-refractivity contribution is 4.66. The Balaban J connectivity index is 3.45. The minimum atomic E-state index is -4.22. The second-order valence-electron chi connectivity index (χ2n) is 3.84. The van der Waals surface area contributed by atoms with Gasteiger partial charge in [0.05, 0.1) is 0 Å². The minimum absolute atomic E-state index is 0.0950. The van der Waals surface area contributed by atoms with Crippen molar-refractivity contribution >= 4 is 0 Å². The van der Waals surface area contributed by atoms with Gasteiger partial charge in [0.2, 0.25) is 0 Å². The van der Waals surface area contributed by atoms with Crippen LogP contribution < -0.4 is 5.73 Å².